The van der Waals surface area contributed by atoms with E-state index < -0.39 is 7.38 Å². The van der Waals surface area contributed by atoms with Crippen LogP contribution < -0.4 is 0 Å². The van der Waals surface area contributed by atoms with Gasteiger partial charge in [-0.2, -0.15) is 11.1 Å². The molecule has 0 atom stereocenters. The highest BCUT2D eigenvalue weighted by Crippen LogP contribution is 2.22. The van der Waals surface area contributed by atoms with E-state index in [4.69, 9.17) is 11.1 Å². The summed E-state index contributed by atoms with van der Waals surface area (Å²) in [5.74, 6) is 0. The van der Waals surface area contributed by atoms with Crippen molar-refractivity contribution in [1.29, 1.82) is 0 Å². The van der Waals surface area contributed by atoms with Gasteiger partial charge in [0.2, 0.25) is 0 Å². The average molecular weight is 191 g/mol. The van der Waals surface area contributed by atoms with Crippen LogP contribution in [0.15, 0.2) is 11.8 Å². The summed E-state index contributed by atoms with van der Waals surface area (Å²) in [5, 5.41) is 1.30. The van der Waals surface area contributed by atoms with Gasteiger partial charge in [0, 0.05) is 0 Å². The van der Waals surface area contributed by atoms with Gasteiger partial charge in [0.05, 0.1) is 0 Å². The molecule has 2 heteroatoms. The fraction of sp³-hybridized carbons (Fsp3) is 0.778. The molecule has 0 bridgehead atoms. The molecule has 0 heterocycles. The van der Waals surface area contributed by atoms with Gasteiger partial charge < -0.3 is 0 Å². The van der Waals surface area contributed by atoms with E-state index in [1.807, 2.05) is 0 Å². The highest BCUT2D eigenvalue weighted by atomic mass is 35.6. The second-order valence-corrected chi connectivity index (χ2v) is 10.0. The summed E-state index contributed by atoms with van der Waals surface area (Å²) in [6, 6.07) is 0. The number of hydrogen-bond acceptors (Lipinski definition) is 0. The van der Waals surface area contributed by atoms with Crippen LogP contribution in [0.1, 0.15) is 32.6 Å². The molecule has 0 aromatic heterocycles. The molecule has 0 aliphatic heterocycles. The summed E-state index contributed by atoms with van der Waals surface area (Å²) in [7, 11) is -1.53. The van der Waals surface area contributed by atoms with Crippen LogP contribution in [0, 0.1) is 0 Å². The van der Waals surface area contributed by atoms with Crippen molar-refractivity contribution in [2.24, 2.45) is 0 Å². The molecule has 0 saturated heterocycles. The first kappa shape index (κ1) is 11.2. The molecular weight excluding hydrogens is 172 g/mol. The third-order valence-electron chi connectivity index (χ3n) is 1.92. The van der Waals surface area contributed by atoms with Gasteiger partial charge in [0.1, 0.15) is 0 Å². The van der Waals surface area contributed by atoms with Crippen LogP contribution >= 0.6 is 11.1 Å². The monoisotopic (exact) mass is 190 g/mol. The number of hydrogen-bond donors (Lipinski definition) is 0. The third kappa shape index (κ3) is 5.51. The minimum atomic E-state index is -1.53. The van der Waals surface area contributed by atoms with E-state index in [0.717, 1.165) is 6.42 Å². The van der Waals surface area contributed by atoms with Crippen LogP contribution in [0.3, 0.4) is 0 Å². The Balaban J connectivity index is 3.54. The van der Waals surface area contributed by atoms with E-state index in [9.17, 15) is 0 Å². The molecule has 0 aliphatic rings. The van der Waals surface area contributed by atoms with Gasteiger partial charge in [-0.25, -0.2) is 0 Å². The lowest BCUT2D eigenvalue weighted by molar-refractivity contribution is 0.724. The summed E-state index contributed by atoms with van der Waals surface area (Å²) >= 11 is 6.20. The van der Waals surface area contributed by atoms with Gasteiger partial charge in [-0.15, -0.1) is 6.58 Å². The second kappa shape index (κ2) is 4.99. The number of halogens is 1. The topological polar surface area (TPSA) is 0 Å². The molecule has 66 valence electrons. The Morgan fingerprint density at radius 3 is 2.27 bits per heavy atom. The van der Waals surface area contributed by atoms with E-state index in [1.165, 1.54) is 24.5 Å². The van der Waals surface area contributed by atoms with Crippen LogP contribution in [-0.4, -0.2) is 7.38 Å². The van der Waals surface area contributed by atoms with E-state index in [0.29, 0.717) is 0 Å². The summed E-state index contributed by atoms with van der Waals surface area (Å²) in [6.07, 6.45) is 4.98. The van der Waals surface area contributed by atoms with E-state index in [1.54, 1.807) is 0 Å². The van der Waals surface area contributed by atoms with E-state index in [2.05, 4.69) is 26.6 Å². The van der Waals surface area contributed by atoms with Crippen LogP contribution in [-0.2, 0) is 0 Å². The van der Waals surface area contributed by atoms with Crippen LogP contribution in [0.25, 0.3) is 0 Å². The molecule has 0 aliphatic carbocycles. The van der Waals surface area contributed by atoms with Crippen LogP contribution in [0.2, 0.25) is 13.1 Å². The van der Waals surface area contributed by atoms with Gasteiger partial charge in [-0.05, 0) is 12.8 Å². The lowest BCUT2D eigenvalue weighted by atomic mass is 10.2. The highest BCUT2D eigenvalue weighted by Gasteiger charge is 2.20. The maximum Gasteiger partial charge on any atom is 0.176 e. The molecule has 0 saturated carbocycles. The van der Waals surface area contributed by atoms with Crippen molar-refractivity contribution in [3.63, 3.8) is 0 Å². The minimum absolute atomic E-state index is 1.14. The van der Waals surface area contributed by atoms with Crippen molar-refractivity contribution in [1.82, 2.24) is 0 Å². The molecule has 0 N–H and O–H groups in total. The highest BCUT2D eigenvalue weighted by molar-refractivity contribution is 7.22. The Labute approximate surface area is 76.4 Å². The van der Waals surface area contributed by atoms with Crippen molar-refractivity contribution in [2.75, 3.05) is 0 Å². The van der Waals surface area contributed by atoms with Gasteiger partial charge >= 0.3 is 0 Å². The molecule has 0 amide bonds. The Hall–Kier alpha value is 0.247. The van der Waals surface area contributed by atoms with Gasteiger partial charge in [0.25, 0.3) is 0 Å². The van der Waals surface area contributed by atoms with Crippen LogP contribution in [0.5, 0.6) is 0 Å². The fourth-order valence-electron chi connectivity index (χ4n) is 0.886. The summed E-state index contributed by atoms with van der Waals surface area (Å²) < 4.78 is 0. The molecule has 0 aromatic carbocycles. The molecule has 0 radical (unpaired) electrons. The van der Waals surface area contributed by atoms with Crippen molar-refractivity contribution in [2.45, 2.75) is 45.7 Å². The fourth-order valence-corrected chi connectivity index (χ4v) is 1.94. The molecule has 0 fully saturated rings. The normalized spacial score (nSPS) is 11.6. The second-order valence-electron chi connectivity index (χ2n) is 3.53. The zero-order valence-electron chi connectivity index (χ0n) is 7.91. The first-order valence-electron chi connectivity index (χ1n) is 4.35. The summed E-state index contributed by atoms with van der Waals surface area (Å²) in [5.41, 5.74) is 0. The average Bonchev–Trinajstić information content (AvgIpc) is 1.86. The lowest BCUT2D eigenvalue weighted by Gasteiger charge is -2.15. The zero-order valence-corrected chi connectivity index (χ0v) is 9.67. The standard InChI is InChI=1S/C9H19ClSi/c1-5-6-7-8-9(2)11(3,4)10/h2,5-8H2,1,3-4H3. The lowest BCUT2D eigenvalue weighted by Crippen LogP contribution is -2.19. The van der Waals surface area contributed by atoms with Gasteiger partial charge in [0.15, 0.2) is 7.38 Å². The Morgan fingerprint density at radius 2 is 1.91 bits per heavy atom. The molecule has 0 spiro atoms. The zero-order chi connectivity index (χ0) is 8.91. The number of unbranched alkanes of at least 4 members (excludes halogenated alkanes) is 2. The molecule has 0 unspecified atom stereocenters. The molecule has 0 nitrogen and oxygen atoms in total. The molecular formula is C9H19ClSi. The third-order valence-corrected chi connectivity index (χ3v) is 4.66. The summed E-state index contributed by atoms with van der Waals surface area (Å²) in [6.45, 7) is 10.5. The molecule has 0 rings (SSSR count). The van der Waals surface area contributed by atoms with Crippen molar-refractivity contribution < 1.29 is 0 Å². The van der Waals surface area contributed by atoms with Crippen molar-refractivity contribution in [3.8, 4) is 0 Å². The Morgan fingerprint density at radius 1 is 1.36 bits per heavy atom. The number of allylic oxidation sites excluding steroid dienone is 1. The van der Waals surface area contributed by atoms with Crippen molar-refractivity contribution >= 4 is 18.5 Å². The first-order valence-corrected chi connectivity index (χ1v) is 8.37. The maximum absolute atomic E-state index is 6.20. The molecule has 11 heavy (non-hydrogen) atoms. The Bertz CT molecular complexity index is 124. The molecule has 0 aromatic rings. The smallest absolute Gasteiger partial charge is 0.162 e. The van der Waals surface area contributed by atoms with Gasteiger partial charge in [-0.1, -0.05) is 38.1 Å². The Kier molecular flexibility index (Phi) is 5.10. The van der Waals surface area contributed by atoms with E-state index in [-0.39, 0.29) is 0 Å². The van der Waals surface area contributed by atoms with Crippen molar-refractivity contribution in [3.05, 3.63) is 11.8 Å². The van der Waals surface area contributed by atoms with E-state index >= 15 is 0 Å². The largest absolute Gasteiger partial charge is 0.176 e. The SMILES string of the molecule is C=C(CCCCC)[Si](C)(C)Cl. The quantitative estimate of drug-likeness (QED) is 0.348. The number of rotatable bonds is 5. The first-order chi connectivity index (χ1) is 4.98. The predicted octanol–water partition coefficient (Wildman–Crippen LogP) is 4.11. The summed E-state index contributed by atoms with van der Waals surface area (Å²) in [4.78, 5) is 0. The maximum atomic E-state index is 6.20. The van der Waals surface area contributed by atoms with Crippen LogP contribution in [0.4, 0.5) is 0 Å². The minimum Gasteiger partial charge on any atom is -0.162 e. The predicted molar refractivity (Wildman–Crippen MR) is 56.6 cm³/mol. The van der Waals surface area contributed by atoms with Gasteiger partial charge in [-0.3, -0.25) is 0 Å².